The van der Waals surface area contributed by atoms with E-state index in [-0.39, 0.29) is 13.2 Å². The first-order valence-electron chi connectivity index (χ1n) is 9.10. The molecular formula is C20H29NO8. The quantitative estimate of drug-likeness (QED) is 0.184. The van der Waals surface area contributed by atoms with Gasteiger partial charge in [0, 0.05) is 0 Å². The lowest BCUT2D eigenvalue weighted by Crippen LogP contribution is -2.55. The van der Waals surface area contributed by atoms with Crippen molar-refractivity contribution >= 4 is 35.3 Å². The van der Waals surface area contributed by atoms with Crippen molar-refractivity contribution in [2.45, 2.75) is 54.0 Å². The lowest BCUT2D eigenvalue weighted by Gasteiger charge is -2.32. The smallest absolute Gasteiger partial charge is 0.344 e. The van der Waals surface area contributed by atoms with Gasteiger partial charge in [0.05, 0.1) is 25.9 Å². The molecule has 1 atom stereocenters. The second kappa shape index (κ2) is 10.7. The van der Waals surface area contributed by atoms with Gasteiger partial charge in [-0.2, -0.15) is 0 Å². The van der Waals surface area contributed by atoms with Crippen molar-refractivity contribution in [1.82, 2.24) is 0 Å². The van der Waals surface area contributed by atoms with E-state index in [0.29, 0.717) is 0 Å². The first kappa shape index (κ1) is 26.2. The maximum absolute atomic E-state index is 12.8. The van der Waals surface area contributed by atoms with Gasteiger partial charge < -0.3 is 14.2 Å². The zero-order valence-electron chi connectivity index (χ0n) is 18.2. The van der Waals surface area contributed by atoms with Gasteiger partial charge in [0.2, 0.25) is 5.41 Å². The Morgan fingerprint density at radius 1 is 0.931 bits per heavy atom. The second-order valence-corrected chi connectivity index (χ2v) is 7.13. The molecule has 0 heterocycles. The van der Waals surface area contributed by atoms with Gasteiger partial charge in [0.25, 0.3) is 0 Å². The number of carbonyl (C=O) groups excluding carboxylic acids is 5. The van der Waals surface area contributed by atoms with E-state index in [2.05, 4.69) is 15.6 Å². The Morgan fingerprint density at radius 2 is 1.41 bits per heavy atom. The van der Waals surface area contributed by atoms with E-state index in [9.17, 15) is 24.0 Å². The molecule has 0 aliphatic heterocycles. The van der Waals surface area contributed by atoms with Crippen LogP contribution < -0.4 is 0 Å². The summed E-state index contributed by atoms with van der Waals surface area (Å²) >= 11 is 0. The highest BCUT2D eigenvalue weighted by molar-refractivity contribution is 6.25. The van der Waals surface area contributed by atoms with E-state index < -0.39 is 51.9 Å². The molecule has 0 aromatic carbocycles. The normalized spacial score (nSPS) is 12.1. The molecule has 0 aromatic heterocycles. The monoisotopic (exact) mass is 411 g/mol. The fourth-order valence-electron chi connectivity index (χ4n) is 2.62. The van der Waals surface area contributed by atoms with Crippen LogP contribution in [0, 0.1) is 11.3 Å². The molecule has 0 saturated heterocycles. The average Bonchev–Trinajstić information content (AvgIpc) is 2.59. The predicted octanol–water partition coefficient (Wildman–Crippen LogP) is 1.46. The van der Waals surface area contributed by atoms with Crippen molar-refractivity contribution in [3.8, 4) is 0 Å². The summed E-state index contributed by atoms with van der Waals surface area (Å²) in [7, 11) is 0.960. The molecule has 0 rings (SSSR count). The number of ether oxygens (including phenoxy) is 3. The van der Waals surface area contributed by atoms with E-state index in [1.54, 1.807) is 20.8 Å². The van der Waals surface area contributed by atoms with E-state index in [4.69, 9.17) is 9.47 Å². The first-order valence-corrected chi connectivity index (χ1v) is 9.10. The molecule has 9 nitrogen and oxygen atoms in total. The molecule has 162 valence electrons. The standard InChI is InChI=1S/C20H29NO8/c1-9-28-16(24)14(11-21-19(5,6)7)15(17(25)29-10-2)20(12(3)22,13(4)23)18(26)27-8/h15H,9-10H2,1-8H3. The minimum absolute atomic E-state index is 0.0690. The number of rotatable bonds is 9. The summed E-state index contributed by atoms with van der Waals surface area (Å²) < 4.78 is 14.6. The zero-order chi connectivity index (χ0) is 23.0. The molecule has 0 amide bonds. The van der Waals surface area contributed by atoms with Crippen LogP contribution in [-0.2, 0) is 38.2 Å². The van der Waals surface area contributed by atoms with Gasteiger partial charge in [-0.15, -0.1) is 0 Å². The van der Waals surface area contributed by atoms with Crippen LogP contribution in [0.5, 0.6) is 0 Å². The van der Waals surface area contributed by atoms with Crippen LogP contribution in [0.4, 0.5) is 0 Å². The number of aliphatic imine (C=N–C) groups is 1. The molecule has 0 aromatic rings. The van der Waals surface area contributed by atoms with Crippen LogP contribution in [0.1, 0.15) is 48.5 Å². The van der Waals surface area contributed by atoms with Crippen molar-refractivity contribution in [1.29, 1.82) is 0 Å². The predicted molar refractivity (Wildman–Crippen MR) is 103 cm³/mol. The number of hydrogen-bond acceptors (Lipinski definition) is 9. The van der Waals surface area contributed by atoms with Crippen molar-refractivity contribution in [2.75, 3.05) is 20.3 Å². The fraction of sp³-hybridized carbons (Fsp3) is 0.650. The highest BCUT2D eigenvalue weighted by Gasteiger charge is 2.61. The van der Waals surface area contributed by atoms with Crippen LogP contribution in [0.25, 0.3) is 0 Å². The van der Waals surface area contributed by atoms with Crippen molar-refractivity contribution in [3.05, 3.63) is 5.57 Å². The minimum Gasteiger partial charge on any atom is -0.468 e. The van der Waals surface area contributed by atoms with E-state index in [0.717, 1.165) is 21.0 Å². The Balaban J connectivity index is 7.33. The molecule has 0 saturated carbocycles. The number of hydrogen-bond donors (Lipinski definition) is 0. The molecule has 0 spiro atoms. The Labute approximate surface area is 170 Å². The summed E-state index contributed by atoms with van der Waals surface area (Å²) in [6.07, 6.45) is 0. The van der Waals surface area contributed by atoms with E-state index in [1.807, 2.05) is 0 Å². The molecule has 9 heteroatoms. The van der Waals surface area contributed by atoms with Crippen molar-refractivity contribution < 1.29 is 38.2 Å². The second-order valence-electron chi connectivity index (χ2n) is 7.13. The Morgan fingerprint density at radius 3 is 1.76 bits per heavy atom. The SMILES string of the molecule is CCOC(=O)C(=C=NC(C)(C)C)C(C(=O)OCC)C(C(C)=O)(C(C)=O)C(=O)OC. The Bertz CT molecular complexity index is 724. The zero-order valence-corrected chi connectivity index (χ0v) is 18.2. The number of esters is 3. The molecule has 0 N–H and O–H groups in total. The summed E-state index contributed by atoms with van der Waals surface area (Å²) in [5.41, 5.74) is -3.95. The maximum Gasteiger partial charge on any atom is 0.344 e. The number of Topliss-reactive ketones (excluding diaryl/α,β-unsaturated/α-hetero) is 2. The molecule has 0 radical (unpaired) electrons. The number of ketones is 2. The van der Waals surface area contributed by atoms with Crippen LogP contribution in [-0.4, -0.2) is 61.2 Å². The van der Waals surface area contributed by atoms with E-state index >= 15 is 0 Å². The molecule has 0 bridgehead atoms. The highest BCUT2D eigenvalue weighted by atomic mass is 16.5. The van der Waals surface area contributed by atoms with Crippen molar-refractivity contribution in [2.24, 2.45) is 16.3 Å². The summed E-state index contributed by atoms with van der Waals surface area (Å²) in [5, 5.41) is 0. The lowest BCUT2D eigenvalue weighted by molar-refractivity contribution is -0.173. The van der Waals surface area contributed by atoms with Gasteiger partial charge in [0.15, 0.2) is 11.6 Å². The van der Waals surface area contributed by atoms with Gasteiger partial charge in [-0.3, -0.25) is 19.2 Å². The van der Waals surface area contributed by atoms with Crippen LogP contribution in [0.2, 0.25) is 0 Å². The third kappa shape index (κ3) is 6.09. The van der Waals surface area contributed by atoms with Gasteiger partial charge in [-0.25, -0.2) is 9.79 Å². The lowest BCUT2D eigenvalue weighted by atomic mass is 9.66. The van der Waals surface area contributed by atoms with Crippen LogP contribution in [0.15, 0.2) is 10.6 Å². The molecule has 0 fully saturated rings. The summed E-state index contributed by atoms with van der Waals surface area (Å²) in [4.78, 5) is 67.4. The maximum atomic E-state index is 12.8. The van der Waals surface area contributed by atoms with E-state index in [1.165, 1.54) is 13.8 Å². The van der Waals surface area contributed by atoms with Crippen molar-refractivity contribution in [3.63, 3.8) is 0 Å². The highest BCUT2D eigenvalue weighted by Crippen LogP contribution is 2.38. The topological polar surface area (TPSA) is 125 Å². The molecule has 1 unspecified atom stereocenters. The van der Waals surface area contributed by atoms with Gasteiger partial charge in [0.1, 0.15) is 11.5 Å². The number of methoxy groups -OCH3 is 1. The third-order valence-electron chi connectivity index (χ3n) is 3.87. The molecule has 0 aliphatic rings. The fourth-order valence-corrected chi connectivity index (χ4v) is 2.62. The largest absolute Gasteiger partial charge is 0.468 e. The van der Waals surface area contributed by atoms with Gasteiger partial charge >= 0.3 is 17.9 Å². The van der Waals surface area contributed by atoms with Crippen LogP contribution >= 0.6 is 0 Å². The summed E-state index contributed by atoms with van der Waals surface area (Å²) in [5.74, 6) is -5.04. The number of nitrogens with zero attached hydrogens (tertiary/aromatic N) is 1. The van der Waals surface area contributed by atoms with Gasteiger partial charge in [-0.05, 0) is 54.3 Å². The van der Waals surface area contributed by atoms with Crippen LogP contribution in [0.3, 0.4) is 0 Å². The molecular weight excluding hydrogens is 382 g/mol. The Hall–Kier alpha value is -2.80. The molecule has 29 heavy (non-hydrogen) atoms. The van der Waals surface area contributed by atoms with Gasteiger partial charge in [-0.1, -0.05) is 0 Å². The number of carbonyl (C=O) groups is 5. The molecule has 0 aliphatic carbocycles. The summed E-state index contributed by atoms with van der Waals surface area (Å²) in [6.45, 7) is 9.83. The first-order chi connectivity index (χ1) is 13.3. The average molecular weight is 411 g/mol. The minimum atomic E-state index is -2.65. The third-order valence-corrected chi connectivity index (χ3v) is 3.87. The summed E-state index contributed by atoms with van der Waals surface area (Å²) in [6, 6.07) is 0. The Kier molecular flexibility index (Phi) is 9.63.